The fraction of sp³-hybridized carbons (Fsp3) is 0.308. The van der Waals surface area contributed by atoms with Crippen LogP contribution in [0.2, 0.25) is 0 Å². The third kappa shape index (κ3) is 2.45. The Balaban J connectivity index is 2.37. The molecule has 0 atom stereocenters. The van der Waals surface area contributed by atoms with Crippen molar-refractivity contribution in [2.24, 2.45) is 0 Å². The van der Waals surface area contributed by atoms with Gasteiger partial charge >= 0.3 is 0 Å². The SMILES string of the molecule is Cc1[nH]c(N)nc1-c1ccc(OC(C)C)c(F)c1. The number of hydrogen-bond donors (Lipinski definition) is 2. The third-order valence-corrected chi connectivity index (χ3v) is 2.47. The van der Waals surface area contributed by atoms with Gasteiger partial charge in [-0.05, 0) is 39.0 Å². The molecule has 4 nitrogen and oxygen atoms in total. The second kappa shape index (κ2) is 4.68. The first-order valence-corrected chi connectivity index (χ1v) is 5.76. The van der Waals surface area contributed by atoms with Crippen LogP contribution in [0, 0.1) is 12.7 Å². The summed E-state index contributed by atoms with van der Waals surface area (Å²) in [6.07, 6.45) is -0.0619. The zero-order valence-electron chi connectivity index (χ0n) is 10.6. The van der Waals surface area contributed by atoms with Crippen molar-refractivity contribution in [2.45, 2.75) is 26.9 Å². The molecule has 0 unspecified atom stereocenters. The van der Waals surface area contributed by atoms with E-state index in [0.717, 1.165) is 5.69 Å². The lowest BCUT2D eigenvalue weighted by Crippen LogP contribution is -2.06. The molecule has 3 N–H and O–H groups in total. The molecule has 0 aliphatic carbocycles. The molecular weight excluding hydrogens is 233 g/mol. The van der Waals surface area contributed by atoms with Gasteiger partial charge in [0.2, 0.25) is 0 Å². The summed E-state index contributed by atoms with van der Waals surface area (Å²) in [7, 11) is 0. The van der Waals surface area contributed by atoms with Gasteiger partial charge in [0.15, 0.2) is 17.5 Å². The van der Waals surface area contributed by atoms with Crippen LogP contribution in [0.3, 0.4) is 0 Å². The molecule has 2 aromatic rings. The molecule has 2 rings (SSSR count). The maximum Gasteiger partial charge on any atom is 0.198 e. The molecule has 0 bridgehead atoms. The fourth-order valence-electron chi connectivity index (χ4n) is 1.76. The van der Waals surface area contributed by atoms with Gasteiger partial charge in [-0.25, -0.2) is 9.37 Å². The molecule has 0 aliphatic rings. The summed E-state index contributed by atoms with van der Waals surface area (Å²) in [4.78, 5) is 7.01. The van der Waals surface area contributed by atoms with Crippen LogP contribution in [0.25, 0.3) is 11.3 Å². The van der Waals surface area contributed by atoms with E-state index in [1.54, 1.807) is 12.1 Å². The zero-order valence-corrected chi connectivity index (χ0v) is 10.6. The summed E-state index contributed by atoms with van der Waals surface area (Å²) in [6.45, 7) is 5.55. The molecule has 0 amide bonds. The van der Waals surface area contributed by atoms with Crippen LogP contribution in [0.1, 0.15) is 19.5 Å². The highest BCUT2D eigenvalue weighted by Crippen LogP contribution is 2.27. The first-order valence-electron chi connectivity index (χ1n) is 5.76. The summed E-state index contributed by atoms with van der Waals surface area (Å²) in [5.74, 6) is 0.169. The van der Waals surface area contributed by atoms with E-state index in [2.05, 4.69) is 9.97 Å². The number of nitrogen functional groups attached to an aromatic ring is 1. The first kappa shape index (κ1) is 12.4. The summed E-state index contributed by atoms with van der Waals surface area (Å²) >= 11 is 0. The minimum absolute atomic E-state index is 0.0619. The lowest BCUT2D eigenvalue weighted by Gasteiger charge is -2.11. The lowest BCUT2D eigenvalue weighted by atomic mass is 10.1. The van der Waals surface area contributed by atoms with Crippen LogP contribution in [0.4, 0.5) is 10.3 Å². The van der Waals surface area contributed by atoms with E-state index < -0.39 is 5.82 Å². The van der Waals surface area contributed by atoms with E-state index in [-0.39, 0.29) is 11.9 Å². The van der Waals surface area contributed by atoms with Crippen molar-refractivity contribution in [1.29, 1.82) is 0 Å². The Morgan fingerprint density at radius 2 is 2.11 bits per heavy atom. The Bertz CT molecular complexity index is 563. The number of H-pyrrole nitrogens is 1. The molecule has 1 heterocycles. The molecule has 0 fully saturated rings. The minimum Gasteiger partial charge on any atom is -0.488 e. The average Bonchev–Trinajstić information content (AvgIpc) is 2.60. The largest absolute Gasteiger partial charge is 0.488 e. The van der Waals surface area contributed by atoms with E-state index >= 15 is 0 Å². The van der Waals surface area contributed by atoms with Gasteiger partial charge in [0.05, 0.1) is 11.8 Å². The van der Waals surface area contributed by atoms with Crippen LogP contribution in [0.15, 0.2) is 18.2 Å². The molecule has 1 aromatic heterocycles. The molecular formula is C13H16FN3O. The second-order valence-corrected chi connectivity index (χ2v) is 4.41. The standard InChI is InChI=1S/C13H16FN3O/c1-7(2)18-11-5-4-9(6-10(11)14)12-8(3)16-13(15)17-12/h4-7H,1-3H3,(H3,15,16,17). The summed E-state index contributed by atoms with van der Waals surface area (Å²) in [5.41, 5.74) is 7.71. The third-order valence-electron chi connectivity index (χ3n) is 2.47. The number of aromatic amines is 1. The maximum absolute atomic E-state index is 13.8. The number of nitrogens with two attached hydrogens (primary N) is 1. The number of hydrogen-bond acceptors (Lipinski definition) is 3. The Kier molecular flexibility index (Phi) is 3.23. The van der Waals surface area contributed by atoms with E-state index in [1.165, 1.54) is 6.07 Å². The van der Waals surface area contributed by atoms with Gasteiger partial charge in [-0.15, -0.1) is 0 Å². The van der Waals surface area contributed by atoms with Crippen LogP contribution < -0.4 is 10.5 Å². The second-order valence-electron chi connectivity index (χ2n) is 4.41. The topological polar surface area (TPSA) is 63.9 Å². The van der Waals surface area contributed by atoms with Crippen LogP contribution in [-0.4, -0.2) is 16.1 Å². The number of nitrogens with zero attached hydrogens (tertiary/aromatic N) is 1. The molecule has 0 spiro atoms. The van der Waals surface area contributed by atoms with E-state index in [1.807, 2.05) is 20.8 Å². The normalized spacial score (nSPS) is 10.9. The average molecular weight is 249 g/mol. The summed E-state index contributed by atoms with van der Waals surface area (Å²) in [5, 5.41) is 0. The summed E-state index contributed by atoms with van der Waals surface area (Å²) in [6, 6.07) is 4.78. The molecule has 0 aliphatic heterocycles. The monoisotopic (exact) mass is 249 g/mol. The quantitative estimate of drug-likeness (QED) is 0.879. The van der Waals surface area contributed by atoms with Crippen LogP contribution >= 0.6 is 0 Å². The highest BCUT2D eigenvalue weighted by Gasteiger charge is 2.11. The number of imidazole rings is 1. The van der Waals surface area contributed by atoms with Crippen molar-refractivity contribution in [2.75, 3.05) is 5.73 Å². The lowest BCUT2D eigenvalue weighted by molar-refractivity contribution is 0.231. The molecule has 18 heavy (non-hydrogen) atoms. The fourth-order valence-corrected chi connectivity index (χ4v) is 1.76. The molecule has 5 heteroatoms. The number of aryl methyl sites for hydroxylation is 1. The van der Waals surface area contributed by atoms with Gasteiger partial charge in [0.25, 0.3) is 0 Å². The van der Waals surface area contributed by atoms with E-state index in [0.29, 0.717) is 17.2 Å². The number of aromatic nitrogens is 2. The van der Waals surface area contributed by atoms with Gasteiger partial charge in [0, 0.05) is 11.3 Å². The number of rotatable bonds is 3. The van der Waals surface area contributed by atoms with E-state index in [9.17, 15) is 4.39 Å². The number of anilines is 1. The highest BCUT2D eigenvalue weighted by atomic mass is 19.1. The Hall–Kier alpha value is -2.04. The molecule has 96 valence electrons. The molecule has 0 radical (unpaired) electrons. The number of ether oxygens (including phenoxy) is 1. The Morgan fingerprint density at radius 1 is 1.39 bits per heavy atom. The number of benzene rings is 1. The van der Waals surface area contributed by atoms with Gasteiger partial charge in [-0.2, -0.15) is 0 Å². The Labute approximate surface area is 105 Å². The van der Waals surface area contributed by atoms with Crippen molar-refractivity contribution in [3.8, 4) is 17.0 Å². The smallest absolute Gasteiger partial charge is 0.198 e. The maximum atomic E-state index is 13.8. The van der Waals surface area contributed by atoms with Crippen LogP contribution in [0.5, 0.6) is 5.75 Å². The van der Waals surface area contributed by atoms with Crippen molar-refractivity contribution in [3.63, 3.8) is 0 Å². The van der Waals surface area contributed by atoms with Gasteiger partial charge in [0.1, 0.15) is 0 Å². The van der Waals surface area contributed by atoms with Gasteiger partial charge in [-0.3, -0.25) is 0 Å². The van der Waals surface area contributed by atoms with E-state index in [4.69, 9.17) is 10.5 Å². The molecule has 0 saturated heterocycles. The number of nitrogens with one attached hydrogen (secondary N) is 1. The van der Waals surface area contributed by atoms with Crippen LogP contribution in [-0.2, 0) is 0 Å². The Morgan fingerprint density at radius 3 is 2.61 bits per heavy atom. The number of halogens is 1. The van der Waals surface area contributed by atoms with Gasteiger partial charge < -0.3 is 15.5 Å². The zero-order chi connectivity index (χ0) is 13.3. The molecule has 0 saturated carbocycles. The van der Waals surface area contributed by atoms with Crippen molar-refractivity contribution in [3.05, 3.63) is 29.7 Å². The predicted octanol–water partition coefficient (Wildman–Crippen LogP) is 2.89. The van der Waals surface area contributed by atoms with Crippen molar-refractivity contribution >= 4 is 5.95 Å². The molecule has 1 aromatic carbocycles. The van der Waals surface area contributed by atoms with Crippen molar-refractivity contribution in [1.82, 2.24) is 9.97 Å². The van der Waals surface area contributed by atoms with Crippen molar-refractivity contribution < 1.29 is 9.13 Å². The summed E-state index contributed by atoms with van der Waals surface area (Å²) < 4.78 is 19.2. The first-order chi connectivity index (χ1) is 8.47. The van der Waals surface area contributed by atoms with Gasteiger partial charge in [-0.1, -0.05) is 0 Å². The predicted molar refractivity (Wildman–Crippen MR) is 68.9 cm³/mol. The highest BCUT2D eigenvalue weighted by molar-refractivity contribution is 5.64. The minimum atomic E-state index is -0.401.